The Hall–Kier alpha value is -3.57. The number of benzene rings is 2. The first-order chi connectivity index (χ1) is 10.6. The molecule has 0 saturated heterocycles. The number of carbonyl (C=O) groups is 1. The molecule has 2 aromatic carbocycles. The summed E-state index contributed by atoms with van der Waals surface area (Å²) in [6.07, 6.45) is 0. The lowest BCUT2D eigenvalue weighted by Gasteiger charge is -2.05. The minimum absolute atomic E-state index is 0.292. The van der Waals surface area contributed by atoms with Crippen molar-refractivity contribution in [2.45, 2.75) is 0 Å². The van der Waals surface area contributed by atoms with E-state index in [-0.39, 0.29) is 0 Å². The third-order valence-electron chi connectivity index (χ3n) is 3.45. The number of rotatable bonds is 2. The first-order valence-corrected chi connectivity index (χ1v) is 6.49. The predicted molar refractivity (Wildman–Crippen MR) is 81.7 cm³/mol. The molecule has 0 fully saturated rings. The monoisotopic (exact) mass is 286 g/mol. The molecule has 3 rings (SSSR count). The van der Waals surface area contributed by atoms with Crippen molar-refractivity contribution in [2.24, 2.45) is 5.73 Å². The number of nitrogens with two attached hydrogens (primary N) is 1. The SMILES string of the molecule is N#Cc1ccc(-c2cc(C#N)cc3cc(C(N)=O)[nH]c23)cc1. The summed E-state index contributed by atoms with van der Waals surface area (Å²) in [7, 11) is 0. The molecule has 1 heterocycles. The van der Waals surface area contributed by atoms with E-state index in [1.54, 1.807) is 42.5 Å². The van der Waals surface area contributed by atoms with Crippen LogP contribution in [0.3, 0.4) is 0 Å². The first-order valence-electron chi connectivity index (χ1n) is 6.49. The van der Waals surface area contributed by atoms with Gasteiger partial charge in [-0.15, -0.1) is 0 Å². The third kappa shape index (κ3) is 2.17. The number of aromatic nitrogens is 1. The Labute approximate surface area is 126 Å². The van der Waals surface area contributed by atoms with Crippen LogP contribution in [-0.4, -0.2) is 10.9 Å². The highest BCUT2D eigenvalue weighted by molar-refractivity contribution is 6.02. The number of primary amides is 1. The van der Waals surface area contributed by atoms with Crippen molar-refractivity contribution in [3.05, 3.63) is 59.3 Å². The molecule has 0 aliphatic rings. The van der Waals surface area contributed by atoms with E-state index < -0.39 is 5.91 Å². The van der Waals surface area contributed by atoms with Gasteiger partial charge in [0.15, 0.2) is 0 Å². The number of aromatic amines is 1. The summed E-state index contributed by atoms with van der Waals surface area (Å²) in [6.45, 7) is 0. The maximum Gasteiger partial charge on any atom is 0.265 e. The second-order valence-corrected chi connectivity index (χ2v) is 4.84. The lowest BCUT2D eigenvalue weighted by atomic mass is 9.99. The minimum Gasteiger partial charge on any atom is -0.364 e. The highest BCUT2D eigenvalue weighted by atomic mass is 16.1. The van der Waals surface area contributed by atoms with Crippen LogP contribution < -0.4 is 5.73 Å². The summed E-state index contributed by atoms with van der Waals surface area (Å²) >= 11 is 0. The Kier molecular flexibility index (Phi) is 3.10. The zero-order valence-electron chi connectivity index (χ0n) is 11.4. The Balaban J connectivity index is 2.28. The fourth-order valence-electron chi connectivity index (χ4n) is 2.39. The molecule has 0 bridgehead atoms. The second-order valence-electron chi connectivity index (χ2n) is 4.84. The number of amides is 1. The zero-order chi connectivity index (χ0) is 15.7. The number of H-pyrrole nitrogens is 1. The molecule has 22 heavy (non-hydrogen) atoms. The molecule has 0 unspecified atom stereocenters. The van der Waals surface area contributed by atoms with Crippen molar-refractivity contribution >= 4 is 16.8 Å². The lowest BCUT2D eigenvalue weighted by molar-refractivity contribution is 0.0996. The van der Waals surface area contributed by atoms with Gasteiger partial charge in [0.2, 0.25) is 0 Å². The summed E-state index contributed by atoms with van der Waals surface area (Å²) in [5, 5.41) is 18.8. The molecule has 0 radical (unpaired) electrons. The average molecular weight is 286 g/mol. The quantitative estimate of drug-likeness (QED) is 0.756. The van der Waals surface area contributed by atoms with E-state index in [4.69, 9.17) is 11.0 Å². The van der Waals surface area contributed by atoms with Gasteiger partial charge in [0, 0.05) is 10.9 Å². The third-order valence-corrected chi connectivity index (χ3v) is 3.45. The Morgan fingerprint density at radius 3 is 2.27 bits per heavy atom. The number of hydrogen-bond donors (Lipinski definition) is 2. The van der Waals surface area contributed by atoms with Crippen molar-refractivity contribution in [3.8, 4) is 23.3 Å². The smallest absolute Gasteiger partial charge is 0.265 e. The van der Waals surface area contributed by atoms with Crippen LogP contribution in [0.1, 0.15) is 21.6 Å². The largest absolute Gasteiger partial charge is 0.364 e. The topological polar surface area (TPSA) is 106 Å². The Bertz CT molecular complexity index is 969. The van der Waals surface area contributed by atoms with Crippen molar-refractivity contribution < 1.29 is 4.79 Å². The maximum absolute atomic E-state index is 11.3. The highest BCUT2D eigenvalue weighted by Crippen LogP contribution is 2.30. The highest BCUT2D eigenvalue weighted by Gasteiger charge is 2.12. The molecule has 0 spiro atoms. The van der Waals surface area contributed by atoms with E-state index in [1.807, 2.05) is 0 Å². The van der Waals surface area contributed by atoms with Crippen molar-refractivity contribution in [1.82, 2.24) is 4.98 Å². The standard InChI is InChI=1S/C17H10N4O/c18-8-10-1-3-12(4-2-10)14-6-11(9-19)5-13-7-15(17(20)22)21-16(13)14/h1-7,21H,(H2,20,22). The molecule has 0 saturated carbocycles. The van der Waals surface area contributed by atoms with E-state index in [1.165, 1.54) is 0 Å². The van der Waals surface area contributed by atoms with Gasteiger partial charge in [-0.05, 0) is 35.9 Å². The fourth-order valence-corrected chi connectivity index (χ4v) is 2.39. The van der Waals surface area contributed by atoms with Crippen LogP contribution in [0.4, 0.5) is 0 Å². The number of hydrogen-bond acceptors (Lipinski definition) is 3. The van der Waals surface area contributed by atoms with Gasteiger partial charge >= 0.3 is 0 Å². The fraction of sp³-hybridized carbons (Fsp3) is 0. The van der Waals surface area contributed by atoms with Crippen LogP contribution in [-0.2, 0) is 0 Å². The lowest BCUT2D eigenvalue weighted by Crippen LogP contribution is -2.10. The molecule has 3 aromatic rings. The van der Waals surface area contributed by atoms with Gasteiger partial charge in [0.05, 0.1) is 28.8 Å². The first kappa shape index (κ1) is 13.4. The van der Waals surface area contributed by atoms with E-state index in [0.717, 1.165) is 22.0 Å². The zero-order valence-corrected chi connectivity index (χ0v) is 11.4. The molecule has 104 valence electrons. The average Bonchev–Trinajstić information content (AvgIpc) is 2.98. The van der Waals surface area contributed by atoms with Gasteiger partial charge in [0.1, 0.15) is 5.69 Å². The van der Waals surface area contributed by atoms with Crippen LogP contribution >= 0.6 is 0 Å². The summed E-state index contributed by atoms with van der Waals surface area (Å²) in [6, 6.07) is 16.3. The van der Waals surface area contributed by atoms with E-state index in [2.05, 4.69) is 17.1 Å². The van der Waals surface area contributed by atoms with Gasteiger partial charge in [-0.25, -0.2) is 0 Å². The van der Waals surface area contributed by atoms with Gasteiger partial charge < -0.3 is 10.7 Å². The molecule has 0 aliphatic carbocycles. The van der Waals surface area contributed by atoms with Crippen molar-refractivity contribution in [1.29, 1.82) is 10.5 Å². The number of nitrogens with zero attached hydrogens (tertiary/aromatic N) is 2. The summed E-state index contributed by atoms with van der Waals surface area (Å²) < 4.78 is 0. The van der Waals surface area contributed by atoms with E-state index >= 15 is 0 Å². The normalized spacial score (nSPS) is 10.1. The molecule has 5 nitrogen and oxygen atoms in total. The summed E-state index contributed by atoms with van der Waals surface area (Å²) in [5.41, 5.74) is 9.00. The van der Waals surface area contributed by atoms with Gasteiger partial charge in [-0.3, -0.25) is 4.79 Å². The van der Waals surface area contributed by atoms with E-state index in [9.17, 15) is 10.1 Å². The van der Waals surface area contributed by atoms with Crippen LogP contribution in [0.25, 0.3) is 22.0 Å². The van der Waals surface area contributed by atoms with E-state index in [0.29, 0.717) is 16.8 Å². The van der Waals surface area contributed by atoms with Gasteiger partial charge in [-0.2, -0.15) is 10.5 Å². The molecular formula is C17H10N4O. The molecular weight excluding hydrogens is 276 g/mol. The van der Waals surface area contributed by atoms with Gasteiger partial charge in [-0.1, -0.05) is 12.1 Å². The molecule has 1 aromatic heterocycles. The second kappa shape index (κ2) is 5.08. The number of fused-ring (bicyclic) bond motifs is 1. The molecule has 0 atom stereocenters. The molecule has 5 heteroatoms. The molecule has 0 aliphatic heterocycles. The number of nitrogens with one attached hydrogen (secondary N) is 1. The maximum atomic E-state index is 11.3. The molecule has 1 amide bonds. The number of nitriles is 2. The number of carbonyl (C=O) groups excluding carboxylic acids is 1. The predicted octanol–water partition coefficient (Wildman–Crippen LogP) is 2.68. The Morgan fingerprint density at radius 2 is 1.68 bits per heavy atom. The van der Waals surface area contributed by atoms with Crippen LogP contribution in [0.15, 0.2) is 42.5 Å². The summed E-state index contributed by atoms with van der Waals surface area (Å²) in [5.74, 6) is -0.555. The van der Waals surface area contributed by atoms with Crippen LogP contribution in [0.2, 0.25) is 0 Å². The van der Waals surface area contributed by atoms with Crippen LogP contribution in [0.5, 0.6) is 0 Å². The van der Waals surface area contributed by atoms with Crippen LogP contribution in [0, 0.1) is 22.7 Å². The van der Waals surface area contributed by atoms with Gasteiger partial charge in [0.25, 0.3) is 5.91 Å². The minimum atomic E-state index is -0.555. The van der Waals surface area contributed by atoms with Crippen molar-refractivity contribution in [3.63, 3.8) is 0 Å². The summed E-state index contributed by atoms with van der Waals surface area (Å²) in [4.78, 5) is 14.3. The van der Waals surface area contributed by atoms with Crippen molar-refractivity contribution in [2.75, 3.05) is 0 Å². The Morgan fingerprint density at radius 1 is 1.00 bits per heavy atom. The molecule has 3 N–H and O–H groups in total.